The Morgan fingerprint density at radius 1 is 0.548 bits per heavy atom. The number of nitro groups is 1. The molecule has 1 atom stereocenters. The second kappa shape index (κ2) is 13.0. The third-order valence-corrected chi connectivity index (χ3v) is 5.83. The maximum Gasteiger partial charge on any atom is 0.352 e. The second-order valence-electron chi connectivity index (χ2n) is 8.97. The minimum atomic E-state index is -0.876. The first-order valence-corrected chi connectivity index (χ1v) is 12.9. The van der Waals surface area contributed by atoms with Gasteiger partial charge in [-0.15, -0.1) is 0 Å². The molecule has 1 unspecified atom stereocenters. The minimum absolute atomic E-state index is 0.0206. The number of ether oxygens (including phenoxy) is 5. The number of para-hydroxylation sites is 1. The minimum Gasteiger partial charge on any atom is -0.479 e. The van der Waals surface area contributed by atoms with Crippen LogP contribution in [0.15, 0.2) is 127 Å². The van der Waals surface area contributed by atoms with Crippen molar-refractivity contribution in [3.63, 3.8) is 0 Å². The fraction of sp³-hybridized carbons (Fsp3) is 0.0606. The summed E-state index contributed by atoms with van der Waals surface area (Å²) >= 11 is 0. The van der Waals surface area contributed by atoms with Crippen LogP contribution in [0.3, 0.4) is 0 Å². The van der Waals surface area contributed by atoms with Gasteiger partial charge in [0.1, 0.15) is 46.0 Å². The highest BCUT2D eigenvalue weighted by Gasteiger charge is 2.18. The van der Waals surface area contributed by atoms with Crippen molar-refractivity contribution in [3.05, 3.63) is 138 Å². The molecule has 9 heteroatoms. The molecule has 0 radical (unpaired) electrons. The predicted molar refractivity (Wildman–Crippen MR) is 155 cm³/mol. The number of rotatable bonds is 11. The van der Waals surface area contributed by atoms with Crippen LogP contribution >= 0.6 is 0 Å². The average Bonchev–Trinajstić information content (AvgIpc) is 3.01. The highest BCUT2D eigenvalue weighted by Crippen LogP contribution is 2.29. The number of esters is 1. The van der Waals surface area contributed by atoms with E-state index in [9.17, 15) is 14.9 Å². The molecule has 0 spiro atoms. The first-order chi connectivity index (χ1) is 20.4. The second-order valence-corrected chi connectivity index (χ2v) is 8.97. The summed E-state index contributed by atoms with van der Waals surface area (Å²) in [6.45, 7) is 1.59. The molecular weight excluding hydrogens is 538 g/mol. The fourth-order valence-corrected chi connectivity index (χ4v) is 3.72. The molecule has 0 aromatic heterocycles. The molecule has 5 aromatic carbocycles. The molecule has 0 fully saturated rings. The van der Waals surface area contributed by atoms with Gasteiger partial charge in [-0.2, -0.15) is 0 Å². The lowest BCUT2D eigenvalue weighted by Gasteiger charge is -2.14. The largest absolute Gasteiger partial charge is 0.479 e. The maximum atomic E-state index is 12.6. The standard InChI is InChI=1S/C33H25NO8/c1-23(38-26-11-13-29(14-12-26)40-27-9-7-24(8-10-27)34(36)37)33(35)42-32-21-19-31(20-22-32)41-30-17-15-28(16-18-30)39-25-5-3-2-4-6-25/h2-23H,1H3. The Kier molecular flexibility index (Phi) is 8.59. The third kappa shape index (κ3) is 7.64. The molecule has 0 aliphatic rings. The van der Waals surface area contributed by atoms with Crippen molar-refractivity contribution in [3.8, 4) is 46.0 Å². The van der Waals surface area contributed by atoms with Gasteiger partial charge >= 0.3 is 5.97 Å². The summed E-state index contributed by atoms with van der Waals surface area (Å²) in [6, 6.07) is 35.8. The summed E-state index contributed by atoms with van der Waals surface area (Å²) in [7, 11) is 0. The summed E-state index contributed by atoms with van der Waals surface area (Å²) in [4.78, 5) is 22.9. The fourth-order valence-electron chi connectivity index (χ4n) is 3.72. The van der Waals surface area contributed by atoms with Crippen molar-refractivity contribution in [2.24, 2.45) is 0 Å². The average molecular weight is 564 g/mol. The number of benzene rings is 5. The first-order valence-electron chi connectivity index (χ1n) is 12.9. The molecule has 9 nitrogen and oxygen atoms in total. The summed E-state index contributed by atoms with van der Waals surface area (Å²) in [5, 5.41) is 10.8. The van der Waals surface area contributed by atoms with Gasteiger partial charge < -0.3 is 23.7 Å². The Balaban J connectivity index is 1.09. The number of nitro benzene ring substituents is 1. The molecule has 210 valence electrons. The van der Waals surface area contributed by atoms with E-state index < -0.39 is 17.0 Å². The number of carbonyl (C=O) groups is 1. The molecule has 0 bridgehead atoms. The van der Waals surface area contributed by atoms with Crippen LogP contribution in [-0.4, -0.2) is 17.0 Å². The van der Waals surface area contributed by atoms with Gasteiger partial charge in [-0.3, -0.25) is 10.1 Å². The van der Waals surface area contributed by atoms with Crippen LogP contribution in [0.1, 0.15) is 6.92 Å². The Bertz CT molecular complexity index is 1620. The van der Waals surface area contributed by atoms with Gasteiger partial charge in [-0.25, -0.2) is 4.79 Å². The maximum absolute atomic E-state index is 12.6. The van der Waals surface area contributed by atoms with Crippen molar-refractivity contribution >= 4 is 11.7 Å². The van der Waals surface area contributed by atoms with Gasteiger partial charge in [0, 0.05) is 12.1 Å². The normalized spacial score (nSPS) is 11.2. The Morgan fingerprint density at radius 3 is 1.33 bits per heavy atom. The van der Waals surface area contributed by atoms with E-state index in [1.54, 1.807) is 67.6 Å². The number of nitrogens with zero attached hydrogens (tertiary/aromatic N) is 1. The predicted octanol–water partition coefficient (Wildman–Crippen LogP) is 8.34. The van der Waals surface area contributed by atoms with Crippen molar-refractivity contribution in [1.82, 2.24) is 0 Å². The molecule has 5 aromatic rings. The topological polar surface area (TPSA) is 106 Å². The zero-order valence-electron chi connectivity index (χ0n) is 22.4. The molecule has 0 amide bonds. The van der Waals surface area contributed by atoms with E-state index in [1.165, 1.54) is 24.3 Å². The van der Waals surface area contributed by atoms with Crippen LogP contribution in [0.5, 0.6) is 46.0 Å². The van der Waals surface area contributed by atoms with Crippen molar-refractivity contribution in [1.29, 1.82) is 0 Å². The summed E-state index contributed by atoms with van der Waals surface area (Å²) in [6.07, 6.45) is -0.876. The van der Waals surface area contributed by atoms with Gasteiger partial charge in [-0.1, -0.05) is 18.2 Å². The summed E-state index contributed by atoms with van der Waals surface area (Å²) in [5.74, 6) is 3.83. The van der Waals surface area contributed by atoms with E-state index in [4.69, 9.17) is 23.7 Å². The van der Waals surface area contributed by atoms with Crippen LogP contribution in [0.2, 0.25) is 0 Å². The number of non-ortho nitro benzene ring substituents is 1. The molecular formula is C33H25NO8. The molecule has 5 rings (SSSR count). The van der Waals surface area contributed by atoms with Crippen molar-refractivity contribution in [2.45, 2.75) is 13.0 Å². The molecule has 0 heterocycles. The zero-order valence-corrected chi connectivity index (χ0v) is 22.4. The molecule has 0 aliphatic carbocycles. The number of hydrogen-bond donors (Lipinski definition) is 0. The lowest BCUT2D eigenvalue weighted by Crippen LogP contribution is -2.28. The molecule has 0 N–H and O–H groups in total. The number of carbonyl (C=O) groups excluding carboxylic acids is 1. The van der Waals surface area contributed by atoms with Crippen LogP contribution in [0.4, 0.5) is 5.69 Å². The molecule has 0 aliphatic heterocycles. The monoisotopic (exact) mass is 563 g/mol. The van der Waals surface area contributed by atoms with Gasteiger partial charge in [0.25, 0.3) is 5.69 Å². The van der Waals surface area contributed by atoms with E-state index in [0.29, 0.717) is 40.2 Å². The molecule has 0 saturated heterocycles. The Labute approximate surface area is 241 Å². The van der Waals surface area contributed by atoms with Crippen molar-refractivity contribution in [2.75, 3.05) is 0 Å². The Morgan fingerprint density at radius 2 is 0.905 bits per heavy atom. The van der Waals surface area contributed by atoms with E-state index in [-0.39, 0.29) is 5.69 Å². The Hall–Kier alpha value is -5.83. The smallest absolute Gasteiger partial charge is 0.352 e. The lowest BCUT2D eigenvalue weighted by atomic mass is 10.3. The molecule has 42 heavy (non-hydrogen) atoms. The van der Waals surface area contributed by atoms with Gasteiger partial charge in [0.2, 0.25) is 0 Å². The summed E-state index contributed by atoms with van der Waals surface area (Å²) < 4.78 is 28.5. The third-order valence-electron chi connectivity index (χ3n) is 5.83. The number of hydrogen-bond acceptors (Lipinski definition) is 8. The van der Waals surface area contributed by atoms with Crippen LogP contribution in [-0.2, 0) is 4.79 Å². The molecule has 0 saturated carbocycles. The van der Waals surface area contributed by atoms with Crippen LogP contribution in [0.25, 0.3) is 0 Å². The van der Waals surface area contributed by atoms with Crippen LogP contribution < -0.4 is 23.7 Å². The van der Waals surface area contributed by atoms with E-state index in [0.717, 1.165) is 5.75 Å². The highest BCUT2D eigenvalue weighted by molar-refractivity contribution is 5.77. The SMILES string of the molecule is CC(Oc1ccc(Oc2ccc([N+](=O)[O-])cc2)cc1)C(=O)Oc1ccc(Oc2ccc(Oc3ccccc3)cc2)cc1. The zero-order chi connectivity index (χ0) is 29.3. The van der Waals surface area contributed by atoms with E-state index >= 15 is 0 Å². The van der Waals surface area contributed by atoms with Gasteiger partial charge in [0.05, 0.1) is 4.92 Å². The highest BCUT2D eigenvalue weighted by atomic mass is 16.6. The van der Waals surface area contributed by atoms with E-state index in [2.05, 4.69) is 0 Å². The van der Waals surface area contributed by atoms with Gasteiger partial charge in [-0.05, 0) is 104 Å². The van der Waals surface area contributed by atoms with E-state index in [1.807, 2.05) is 42.5 Å². The quantitative estimate of drug-likeness (QED) is 0.0683. The van der Waals surface area contributed by atoms with Crippen LogP contribution in [0, 0.1) is 10.1 Å². The van der Waals surface area contributed by atoms with Crippen molar-refractivity contribution < 1.29 is 33.4 Å². The van der Waals surface area contributed by atoms with Gasteiger partial charge in [0.15, 0.2) is 6.10 Å². The lowest BCUT2D eigenvalue weighted by molar-refractivity contribution is -0.384. The summed E-state index contributed by atoms with van der Waals surface area (Å²) in [5.41, 5.74) is -0.0206. The first kappa shape index (κ1) is 27.7.